The monoisotopic (exact) mass is 395 g/mol. The highest BCUT2D eigenvalue weighted by Gasteiger charge is 2.32. The first-order valence-corrected chi connectivity index (χ1v) is 10.8. The van der Waals surface area contributed by atoms with Crippen LogP contribution in [0.3, 0.4) is 0 Å². The number of sulfonamides is 1. The lowest BCUT2D eigenvalue weighted by molar-refractivity contribution is 0.515. The summed E-state index contributed by atoms with van der Waals surface area (Å²) in [6, 6.07) is 25.4. The molecule has 27 heavy (non-hydrogen) atoms. The average molecular weight is 396 g/mol. The molecule has 0 radical (unpaired) electrons. The summed E-state index contributed by atoms with van der Waals surface area (Å²) in [6.45, 7) is 5.84. The van der Waals surface area contributed by atoms with Crippen molar-refractivity contribution in [2.45, 2.75) is 22.8 Å². The van der Waals surface area contributed by atoms with Crippen LogP contribution in [0, 0.1) is 6.92 Å². The lowest BCUT2D eigenvalue weighted by Gasteiger charge is -2.28. The van der Waals surface area contributed by atoms with Crippen molar-refractivity contribution in [1.29, 1.82) is 0 Å². The molecule has 0 fully saturated rings. The summed E-state index contributed by atoms with van der Waals surface area (Å²) in [5.41, 5.74) is 1.88. The van der Waals surface area contributed by atoms with Crippen LogP contribution in [-0.2, 0) is 10.0 Å². The molecule has 138 valence electrons. The van der Waals surface area contributed by atoms with Gasteiger partial charge in [-0.25, -0.2) is 8.42 Å². The largest absolute Gasteiger partial charge is 0.253 e. The zero-order chi connectivity index (χ0) is 19.3. The van der Waals surface area contributed by atoms with Crippen LogP contribution in [0.1, 0.15) is 17.2 Å². The van der Waals surface area contributed by atoms with Crippen LogP contribution in [-0.4, -0.2) is 12.1 Å². The Morgan fingerprint density at radius 1 is 0.889 bits per heavy atom. The number of rotatable bonds is 7. The van der Waals surface area contributed by atoms with E-state index in [1.807, 2.05) is 79.7 Å². The minimum atomic E-state index is -3.75. The van der Waals surface area contributed by atoms with E-state index >= 15 is 0 Å². The molecular formula is C22H21NO2S2. The molecule has 0 heterocycles. The van der Waals surface area contributed by atoms with Crippen LogP contribution in [0.5, 0.6) is 0 Å². The predicted octanol–water partition coefficient (Wildman–Crippen LogP) is 5.62. The van der Waals surface area contributed by atoms with E-state index in [1.54, 1.807) is 18.2 Å². The van der Waals surface area contributed by atoms with Crippen molar-refractivity contribution < 1.29 is 8.42 Å². The van der Waals surface area contributed by atoms with Crippen molar-refractivity contribution in [3.8, 4) is 0 Å². The van der Waals surface area contributed by atoms with Gasteiger partial charge in [0.15, 0.2) is 0 Å². The molecule has 0 aliphatic carbocycles. The molecule has 0 saturated heterocycles. The number of hydrogen-bond acceptors (Lipinski definition) is 3. The highest BCUT2D eigenvalue weighted by atomic mass is 32.3. The highest BCUT2D eigenvalue weighted by molar-refractivity contribution is 8.08. The van der Waals surface area contributed by atoms with Crippen molar-refractivity contribution in [2.75, 3.05) is 0 Å². The molecule has 5 heteroatoms. The van der Waals surface area contributed by atoms with Gasteiger partial charge in [-0.15, -0.1) is 10.3 Å². The van der Waals surface area contributed by atoms with Gasteiger partial charge in [0.05, 0.1) is 10.9 Å². The summed E-state index contributed by atoms with van der Waals surface area (Å²) >= 11 is 1.20. The standard InChI is InChI=1S/C22H21NO2S2/c1-3-22(19-10-6-4-7-11-19)23(26-20-12-8-5-9-13-20)27(24,25)21-16-14-18(2)15-17-21/h3-17,22H,1H2,2H3. The molecule has 0 N–H and O–H groups in total. The maximum absolute atomic E-state index is 13.5. The van der Waals surface area contributed by atoms with Gasteiger partial charge in [0.1, 0.15) is 0 Å². The maximum atomic E-state index is 13.5. The summed E-state index contributed by atoms with van der Waals surface area (Å²) in [5.74, 6) is 0. The second kappa shape index (κ2) is 8.57. The van der Waals surface area contributed by atoms with Gasteiger partial charge in [-0.2, -0.15) is 0 Å². The molecule has 0 aromatic heterocycles. The Hall–Kier alpha value is -2.34. The van der Waals surface area contributed by atoms with E-state index in [2.05, 4.69) is 6.58 Å². The first-order chi connectivity index (χ1) is 13.0. The predicted molar refractivity (Wildman–Crippen MR) is 112 cm³/mol. The van der Waals surface area contributed by atoms with E-state index in [1.165, 1.54) is 15.7 Å². The molecular weight excluding hydrogens is 374 g/mol. The molecule has 0 spiro atoms. The fraction of sp³-hybridized carbons (Fsp3) is 0.0909. The van der Waals surface area contributed by atoms with Crippen LogP contribution < -0.4 is 0 Å². The van der Waals surface area contributed by atoms with Crippen LogP contribution in [0.2, 0.25) is 0 Å². The maximum Gasteiger partial charge on any atom is 0.253 e. The van der Waals surface area contributed by atoms with Gasteiger partial charge >= 0.3 is 0 Å². The van der Waals surface area contributed by atoms with Gasteiger partial charge in [0, 0.05) is 4.90 Å². The number of nitrogens with zero attached hydrogens (tertiary/aromatic N) is 1. The number of benzene rings is 3. The fourth-order valence-electron chi connectivity index (χ4n) is 2.65. The smallest absolute Gasteiger partial charge is 0.206 e. The number of aryl methyl sites for hydroxylation is 1. The number of hydrogen-bond donors (Lipinski definition) is 0. The molecule has 0 aliphatic rings. The van der Waals surface area contributed by atoms with E-state index in [-0.39, 0.29) is 4.90 Å². The van der Waals surface area contributed by atoms with E-state index in [9.17, 15) is 8.42 Å². The molecule has 3 nitrogen and oxygen atoms in total. The molecule has 0 amide bonds. The van der Waals surface area contributed by atoms with Crippen molar-refractivity contribution in [3.63, 3.8) is 0 Å². The Balaban J connectivity index is 2.08. The zero-order valence-corrected chi connectivity index (χ0v) is 16.7. The van der Waals surface area contributed by atoms with E-state index < -0.39 is 16.1 Å². The van der Waals surface area contributed by atoms with Crippen LogP contribution >= 0.6 is 11.9 Å². The molecule has 3 aromatic rings. The molecule has 0 aliphatic heterocycles. The Kier molecular flexibility index (Phi) is 6.16. The Bertz CT molecular complexity index is 986. The SMILES string of the molecule is C=CC(c1ccccc1)N(Sc1ccccc1)S(=O)(=O)c1ccc(C)cc1. The van der Waals surface area contributed by atoms with Gasteiger partial charge in [0.2, 0.25) is 0 Å². The van der Waals surface area contributed by atoms with Gasteiger partial charge < -0.3 is 0 Å². The molecule has 0 bridgehead atoms. The highest BCUT2D eigenvalue weighted by Crippen LogP contribution is 2.38. The van der Waals surface area contributed by atoms with Crippen molar-refractivity contribution >= 4 is 22.0 Å². The topological polar surface area (TPSA) is 37.4 Å². The second-order valence-electron chi connectivity index (χ2n) is 6.07. The Morgan fingerprint density at radius 2 is 1.44 bits per heavy atom. The summed E-state index contributed by atoms with van der Waals surface area (Å²) in [5, 5.41) is 0. The van der Waals surface area contributed by atoms with Crippen molar-refractivity contribution in [3.05, 3.63) is 109 Å². The quantitative estimate of drug-likeness (QED) is 0.385. The lowest BCUT2D eigenvalue weighted by Crippen LogP contribution is -2.28. The van der Waals surface area contributed by atoms with E-state index in [4.69, 9.17) is 0 Å². The van der Waals surface area contributed by atoms with E-state index in [0.29, 0.717) is 0 Å². The van der Waals surface area contributed by atoms with Crippen molar-refractivity contribution in [1.82, 2.24) is 3.71 Å². The van der Waals surface area contributed by atoms with Gasteiger partial charge in [-0.1, -0.05) is 72.3 Å². The first kappa shape index (κ1) is 19.4. The average Bonchev–Trinajstić information content (AvgIpc) is 2.70. The minimum absolute atomic E-state index is 0.263. The fourth-order valence-corrected chi connectivity index (χ4v) is 5.56. The summed E-state index contributed by atoms with van der Waals surface area (Å²) < 4.78 is 28.4. The van der Waals surface area contributed by atoms with Gasteiger partial charge in [-0.05, 0) is 48.7 Å². The third-order valence-corrected chi connectivity index (χ3v) is 7.36. The second-order valence-corrected chi connectivity index (χ2v) is 9.16. The third kappa shape index (κ3) is 4.50. The van der Waals surface area contributed by atoms with Crippen LogP contribution in [0.15, 0.2) is 107 Å². The van der Waals surface area contributed by atoms with Gasteiger partial charge in [-0.3, -0.25) is 0 Å². The normalized spacial score (nSPS) is 12.7. The van der Waals surface area contributed by atoms with Gasteiger partial charge in [0.25, 0.3) is 10.0 Å². The molecule has 3 rings (SSSR count). The molecule has 1 unspecified atom stereocenters. The lowest BCUT2D eigenvalue weighted by atomic mass is 10.1. The molecule has 1 atom stereocenters. The minimum Gasteiger partial charge on any atom is -0.206 e. The summed E-state index contributed by atoms with van der Waals surface area (Å²) in [7, 11) is -3.75. The Labute approximate surface area is 165 Å². The first-order valence-electron chi connectivity index (χ1n) is 8.54. The van der Waals surface area contributed by atoms with E-state index in [0.717, 1.165) is 16.0 Å². The zero-order valence-electron chi connectivity index (χ0n) is 15.0. The summed E-state index contributed by atoms with van der Waals surface area (Å²) in [4.78, 5) is 1.11. The summed E-state index contributed by atoms with van der Waals surface area (Å²) in [6.07, 6.45) is 1.66. The van der Waals surface area contributed by atoms with Crippen molar-refractivity contribution in [2.24, 2.45) is 0 Å². The Morgan fingerprint density at radius 3 is 2.00 bits per heavy atom. The third-order valence-electron chi connectivity index (χ3n) is 4.09. The molecule has 3 aromatic carbocycles. The van der Waals surface area contributed by atoms with Crippen LogP contribution in [0.25, 0.3) is 0 Å². The van der Waals surface area contributed by atoms with Crippen LogP contribution in [0.4, 0.5) is 0 Å². The molecule has 0 saturated carbocycles.